The molecule has 1 aliphatic heterocycles. The summed E-state index contributed by atoms with van der Waals surface area (Å²) in [5, 5.41) is 2.54. The van der Waals surface area contributed by atoms with E-state index < -0.39 is 0 Å². The van der Waals surface area contributed by atoms with E-state index in [-0.39, 0.29) is 24.2 Å². The summed E-state index contributed by atoms with van der Waals surface area (Å²) in [5.74, 6) is 0.227. The summed E-state index contributed by atoms with van der Waals surface area (Å²) < 4.78 is 12.6. The number of fused-ring (bicyclic) bond motifs is 1. The molecule has 2 nitrogen and oxygen atoms in total. The SMILES string of the molecule is CC1(C)OB(CC(c2ccccc2)c2ccc3ccccc3c2)OC1(C)C. The molecule has 0 radical (unpaired) electrons. The van der Waals surface area contributed by atoms with Crippen molar-refractivity contribution in [2.45, 2.75) is 51.1 Å². The molecule has 0 N–H and O–H groups in total. The maximum Gasteiger partial charge on any atom is 0.458 e. The third-order valence-electron chi connectivity index (χ3n) is 6.11. The first-order valence-electron chi connectivity index (χ1n) is 9.75. The number of hydrogen-bond donors (Lipinski definition) is 0. The molecule has 3 aromatic carbocycles. The van der Waals surface area contributed by atoms with E-state index >= 15 is 0 Å². The van der Waals surface area contributed by atoms with Crippen LogP contribution < -0.4 is 0 Å². The smallest absolute Gasteiger partial charge is 0.403 e. The molecule has 1 atom stereocenters. The molecular formula is C24H27BO2. The molecule has 0 saturated carbocycles. The zero-order valence-corrected chi connectivity index (χ0v) is 16.6. The van der Waals surface area contributed by atoms with Crippen molar-refractivity contribution in [1.29, 1.82) is 0 Å². The van der Waals surface area contributed by atoms with E-state index in [1.807, 2.05) is 0 Å². The molecule has 0 bridgehead atoms. The van der Waals surface area contributed by atoms with E-state index in [2.05, 4.69) is 100 Å². The lowest BCUT2D eigenvalue weighted by atomic mass is 9.72. The van der Waals surface area contributed by atoms with Crippen molar-refractivity contribution >= 4 is 17.9 Å². The minimum absolute atomic E-state index is 0.216. The third kappa shape index (κ3) is 3.54. The second-order valence-corrected chi connectivity index (χ2v) is 8.49. The maximum absolute atomic E-state index is 6.30. The van der Waals surface area contributed by atoms with E-state index in [0.717, 1.165) is 6.32 Å². The molecule has 27 heavy (non-hydrogen) atoms. The van der Waals surface area contributed by atoms with Crippen molar-refractivity contribution in [3.63, 3.8) is 0 Å². The highest BCUT2D eigenvalue weighted by Gasteiger charge is 2.51. The highest BCUT2D eigenvalue weighted by atomic mass is 16.7. The molecule has 1 aliphatic rings. The van der Waals surface area contributed by atoms with Gasteiger partial charge in [0.2, 0.25) is 0 Å². The highest BCUT2D eigenvalue weighted by Crippen LogP contribution is 2.41. The first-order valence-corrected chi connectivity index (χ1v) is 9.75. The number of rotatable bonds is 4. The molecule has 1 saturated heterocycles. The van der Waals surface area contributed by atoms with Gasteiger partial charge >= 0.3 is 7.12 Å². The van der Waals surface area contributed by atoms with Gasteiger partial charge in [0.25, 0.3) is 0 Å². The molecule has 3 aromatic rings. The van der Waals surface area contributed by atoms with Gasteiger partial charge in [0.1, 0.15) is 0 Å². The van der Waals surface area contributed by atoms with Crippen LogP contribution in [0.2, 0.25) is 6.32 Å². The van der Waals surface area contributed by atoms with Crippen molar-refractivity contribution < 1.29 is 9.31 Å². The molecule has 0 aromatic heterocycles. The van der Waals surface area contributed by atoms with E-state index in [0.29, 0.717) is 0 Å². The maximum atomic E-state index is 6.30. The van der Waals surface area contributed by atoms with Gasteiger partial charge in [-0.25, -0.2) is 0 Å². The predicted molar refractivity (Wildman–Crippen MR) is 113 cm³/mol. The summed E-state index contributed by atoms with van der Waals surface area (Å²) in [6.45, 7) is 8.45. The first-order chi connectivity index (χ1) is 12.9. The molecule has 0 amide bonds. The Bertz CT molecular complexity index is 917. The van der Waals surface area contributed by atoms with Gasteiger partial charge in [-0.05, 0) is 55.9 Å². The van der Waals surface area contributed by atoms with Crippen LogP contribution in [-0.4, -0.2) is 18.3 Å². The normalized spacial score (nSPS) is 19.3. The Labute approximate surface area is 162 Å². The summed E-state index contributed by atoms with van der Waals surface area (Å²) in [6.07, 6.45) is 0.801. The van der Waals surface area contributed by atoms with Gasteiger partial charge in [-0.3, -0.25) is 0 Å². The number of benzene rings is 3. The van der Waals surface area contributed by atoms with Crippen molar-refractivity contribution in [2.75, 3.05) is 0 Å². The van der Waals surface area contributed by atoms with Gasteiger partial charge in [-0.15, -0.1) is 0 Å². The summed E-state index contributed by atoms with van der Waals surface area (Å²) in [4.78, 5) is 0. The molecular weight excluding hydrogens is 331 g/mol. The Morgan fingerprint density at radius 1 is 0.704 bits per heavy atom. The highest BCUT2D eigenvalue weighted by molar-refractivity contribution is 6.45. The van der Waals surface area contributed by atoms with E-state index in [1.165, 1.54) is 21.9 Å². The van der Waals surface area contributed by atoms with Gasteiger partial charge in [-0.1, -0.05) is 72.8 Å². The predicted octanol–water partition coefficient (Wildman–Crippen LogP) is 6.06. The Morgan fingerprint density at radius 3 is 1.96 bits per heavy atom. The Morgan fingerprint density at radius 2 is 1.30 bits per heavy atom. The van der Waals surface area contributed by atoms with Crippen molar-refractivity contribution in [1.82, 2.24) is 0 Å². The fourth-order valence-electron chi connectivity index (χ4n) is 3.83. The quantitative estimate of drug-likeness (QED) is 0.528. The van der Waals surface area contributed by atoms with E-state index in [4.69, 9.17) is 9.31 Å². The van der Waals surface area contributed by atoms with E-state index in [1.54, 1.807) is 0 Å². The Hall–Kier alpha value is -2.10. The molecule has 1 heterocycles. The second-order valence-electron chi connectivity index (χ2n) is 8.49. The van der Waals surface area contributed by atoms with Crippen LogP contribution in [0, 0.1) is 0 Å². The summed E-state index contributed by atoms with van der Waals surface area (Å²) in [7, 11) is -0.216. The van der Waals surface area contributed by atoms with Gasteiger partial charge < -0.3 is 9.31 Å². The molecule has 1 fully saturated rings. The monoisotopic (exact) mass is 358 g/mol. The molecule has 0 aliphatic carbocycles. The van der Waals surface area contributed by atoms with Gasteiger partial charge in [-0.2, -0.15) is 0 Å². The first kappa shape index (κ1) is 18.3. The third-order valence-corrected chi connectivity index (χ3v) is 6.11. The van der Waals surface area contributed by atoms with Gasteiger partial charge in [0, 0.05) is 5.92 Å². The molecule has 1 unspecified atom stereocenters. The lowest BCUT2D eigenvalue weighted by Gasteiger charge is -2.32. The summed E-state index contributed by atoms with van der Waals surface area (Å²) in [6, 6.07) is 25.9. The zero-order chi connectivity index (χ0) is 19.1. The molecule has 3 heteroatoms. The summed E-state index contributed by atoms with van der Waals surface area (Å²) in [5.41, 5.74) is 1.99. The van der Waals surface area contributed by atoms with Crippen LogP contribution in [-0.2, 0) is 9.31 Å². The van der Waals surface area contributed by atoms with Crippen LogP contribution in [0.15, 0.2) is 72.8 Å². The average molecular weight is 358 g/mol. The van der Waals surface area contributed by atoms with E-state index in [9.17, 15) is 0 Å². The largest absolute Gasteiger partial charge is 0.458 e. The summed E-state index contributed by atoms with van der Waals surface area (Å²) >= 11 is 0. The van der Waals surface area contributed by atoms with Crippen LogP contribution in [0.5, 0.6) is 0 Å². The second kappa shape index (κ2) is 6.81. The standard InChI is InChI=1S/C24H27BO2/c1-23(2)24(3,4)27-25(26-23)17-22(19-11-6-5-7-12-19)21-15-14-18-10-8-9-13-20(18)16-21/h5-16,22H,17H2,1-4H3. The average Bonchev–Trinajstić information content (AvgIpc) is 2.86. The molecule has 4 rings (SSSR count). The topological polar surface area (TPSA) is 18.5 Å². The van der Waals surface area contributed by atoms with Crippen LogP contribution in [0.4, 0.5) is 0 Å². The minimum atomic E-state index is -0.303. The van der Waals surface area contributed by atoms with Crippen LogP contribution in [0.25, 0.3) is 10.8 Å². The van der Waals surface area contributed by atoms with Crippen LogP contribution in [0.3, 0.4) is 0 Å². The molecule has 138 valence electrons. The van der Waals surface area contributed by atoms with Crippen LogP contribution >= 0.6 is 0 Å². The van der Waals surface area contributed by atoms with Crippen molar-refractivity contribution in [3.8, 4) is 0 Å². The lowest BCUT2D eigenvalue weighted by molar-refractivity contribution is 0.00578. The minimum Gasteiger partial charge on any atom is -0.403 e. The molecule has 0 spiro atoms. The Balaban J connectivity index is 1.70. The van der Waals surface area contributed by atoms with Crippen molar-refractivity contribution in [3.05, 3.63) is 83.9 Å². The fourth-order valence-corrected chi connectivity index (χ4v) is 3.83. The lowest BCUT2D eigenvalue weighted by Crippen LogP contribution is -2.41. The van der Waals surface area contributed by atoms with Crippen LogP contribution in [0.1, 0.15) is 44.7 Å². The Kier molecular flexibility index (Phi) is 4.61. The van der Waals surface area contributed by atoms with Gasteiger partial charge in [0.15, 0.2) is 0 Å². The van der Waals surface area contributed by atoms with Crippen molar-refractivity contribution in [2.24, 2.45) is 0 Å². The van der Waals surface area contributed by atoms with Gasteiger partial charge in [0.05, 0.1) is 11.2 Å². The zero-order valence-electron chi connectivity index (χ0n) is 16.6. The number of hydrogen-bond acceptors (Lipinski definition) is 2. The fraction of sp³-hybridized carbons (Fsp3) is 0.333.